The van der Waals surface area contributed by atoms with Crippen LogP contribution in [0.1, 0.15) is 47.2 Å². The summed E-state index contributed by atoms with van der Waals surface area (Å²) in [6.07, 6.45) is 0.666. The van der Waals surface area contributed by atoms with Crippen molar-refractivity contribution in [3.63, 3.8) is 0 Å². The Balaban J connectivity index is 0.00000242. The average molecular weight is 321 g/mol. The molecule has 0 spiro atoms. The van der Waals surface area contributed by atoms with Crippen LogP contribution < -0.4 is 11.1 Å². The summed E-state index contributed by atoms with van der Waals surface area (Å²) >= 11 is 0. The van der Waals surface area contributed by atoms with E-state index < -0.39 is 0 Å². The maximum atomic E-state index is 12.4. The van der Waals surface area contributed by atoms with Crippen LogP contribution in [0.5, 0.6) is 0 Å². The maximum absolute atomic E-state index is 12.4. The SMILES string of the molecule is CCc1nnc(C)cc1C(=O)Nc1ccc(C(C)N)cc1.Cl. The second-order valence-electron chi connectivity index (χ2n) is 5.06. The molecule has 22 heavy (non-hydrogen) atoms. The lowest BCUT2D eigenvalue weighted by molar-refractivity contribution is 0.102. The van der Waals surface area contributed by atoms with Crippen LogP contribution in [0.2, 0.25) is 0 Å². The summed E-state index contributed by atoms with van der Waals surface area (Å²) in [7, 11) is 0. The van der Waals surface area contributed by atoms with E-state index in [2.05, 4.69) is 15.5 Å². The van der Waals surface area contributed by atoms with Crippen LogP contribution in [0, 0.1) is 6.92 Å². The largest absolute Gasteiger partial charge is 0.324 e. The van der Waals surface area contributed by atoms with Crippen molar-refractivity contribution in [2.24, 2.45) is 5.73 Å². The first kappa shape index (κ1) is 18.1. The number of aryl methyl sites for hydroxylation is 2. The number of anilines is 1. The highest BCUT2D eigenvalue weighted by Crippen LogP contribution is 2.16. The Morgan fingerprint density at radius 1 is 1.27 bits per heavy atom. The van der Waals surface area contributed by atoms with E-state index in [0.29, 0.717) is 17.7 Å². The second-order valence-corrected chi connectivity index (χ2v) is 5.06. The molecule has 3 N–H and O–H groups in total. The molecule has 1 unspecified atom stereocenters. The Kier molecular flexibility index (Phi) is 6.46. The minimum atomic E-state index is -0.168. The van der Waals surface area contributed by atoms with Crippen LogP contribution >= 0.6 is 12.4 Å². The summed E-state index contributed by atoms with van der Waals surface area (Å²) < 4.78 is 0. The van der Waals surface area contributed by atoms with Gasteiger partial charge in [0.05, 0.1) is 17.0 Å². The van der Waals surface area contributed by atoms with E-state index in [0.717, 1.165) is 16.9 Å². The molecule has 2 rings (SSSR count). The molecule has 0 radical (unpaired) electrons. The van der Waals surface area contributed by atoms with Gasteiger partial charge in [-0.1, -0.05) is 19.1 Å². The maximum Gasteiger partial charge on any atom is 0.257 e. The van der Waals surface area contributed by atoms with Crippen molar-refractivity contribution in [3.05, 3.63) is 52.8 Å². The summed E-state index contributed by atoms with van der Waals surface area (Å²) in [4.78, 5) is 12.4. The Hall–Kier alpha value is -1.98. The Bertz CT molecular complexity index is 641. The molecule has 0 fully saturated rings. The molecule has 2 aromatic rings. The third-order valence-corrected chi connectivity index (χ3v) is 3.27. The van der Waals surface area contributed by atoms with Gasteiger partial charge in [0.1, 0.15) is 0 Å². The molecule has 118 valence electrons. The highest BCUT2D eigenvalue weighted by Gasteiger charge is 2.13. The minimum Gasteiger partial charge on any atom is -0.324 e. The topological polar surface area (TPSA) is 80.9 Å². The van der Waals surface area contributed by atoms with Gasteiger partial charge in [-0.2, -0.15) is 10.2 Å². The van der Waals surface area contributed by atoms with E-state index in [1.54, 1.807) is 6.07 Å². The molecular weight excluding hydrogens is 300 g/mol. The van der Waals surface area contributed by atoms with Crippen LogP contribution in [-0.4, -0.2) is 16.1 Å². The van der Waals surface area contributed by atoms with Crippen molar-refractivity contribution in [1.29, 1.82) is 0 Å². The summed E-state index contributed by atoms with van der Waals surface area (Å²) in [5, 5.41) is 10.9. The molecule has 0 aliphatic rings. The molecular formula is C16H21ClN4O. The molecule has 1 atom stereocenters. The van der Waals surface area contributed by atoms with Crippen molar-refractivity contribution in [2.45, 2.75) is 33.2 Å². The number of aromatic nitrogens is 2. The van der Waals surface area contributed by atoms with Gasteiger partial charge in [0.2, 0.25) is 0 Å². The third kappa shape index (κ3) is 4.26. The summed E-state index contributed by atoms with van der Waals surface area (Å²) in [5.74, 6) is -0.168. The van der Waals surface area contributed by atoms with Crippen LogP contribution in [0.15, 0.2) is 30.3 Å². The van der Waals surface area contributed by atoms with E-state index in [-0.39, 0.29) is 24.4 Å². The smallest absolute Gasteiger partial charge is 0.257 e. The molecule has 0 saturated heterocycles. The van der Waals surface area contributed by atoms with Gasteiger partial charge >= 0.3 is 0 Å². The first-order valence-corrected chi connectivity index (χ1v) is 7.01. The second kappa shape index (κ2) is 7.87. The predicted octanol–water partition coefficient (Wildman–Crippen LogP) is 3.04. The lowest BCUT2D eigenvalue weighted by Gasteiger charge is -2.10. The molecule has 1 aromatic carbocycles. The number of nitrogens with one attached hydrogen (secondary N) is 1. The molecule has 0 aliphatic carbocycles. The predicted molar refractivity (Wildman–Crippen MR) is 90.4 cm³/mol. The molecule has 1 heterocycles. The normalized spacial score (nSPS) is 11.5. The van der Waals surface area contributed by atoms with Gasteiger partial charge in [-0.3, -0.25) is 4.79 Å². The Labute approximate surface area is 136 Å². The summed E-state index contributed by atoms with van der Waals surface area (Å²) in [5.41, 5.74) is 9.57. The van der Waals surface area contributed by atoms with Gasteiger partial charge in [0.15, 0.2) is 0 Å². The van der Waals surface area contributed by atoms with Crippen molar-refractivity contribution in [1.82, 2.24) is 10.2 Å². The first-order valence-electron chi connectivity index (χ1n) is 7.01. The number of amides is 1. The number of hydrogen-bond donors (Lipinski definition) is 2. The van der Waals surface area contributed by atoms with E-state index in [4.69, 9.17) is 5.73 Å². The summed E-state index contributed by atoms with van der Waals surface area (Å²) in [6, 6.07) is 9.27. The van der Waals surface area contributed by atoms with E-state index in [1.165, 1.54) is 0 Å². The van der Waals surface area contributed by atoms with Gasteiger partial charge in [0, 0.05) is 11.7 Å². The molecule has 0 bridgehead atoms. The molecule has 6 heteroatoms. The minimum absolute atomic E-state index is 0. The fraction of sp³-hybridized carbons (Fsp3) is 0.312. The van der Waals surface area contributed by atoms with Crippen LogP contribution in [0.3, 0.4) is 0 Å². The lowest BCUT2D eigenvalue weighted by Crippen LogP contribution is -2.16. The number of nitrogens with two attached hydrogens (primary N) is 1. The Morgan fingerprint density at radius 2 is 1.91 bits per heavy atom. The van der Waals surface area contributed by atoms with Crippen LogP contribution in [-0.2, 0) is 6.42 Å². The fourth-order valence-electron chi connectivity index (χ4n) is 2.04. The van der Waals surface area contributed by atoms with E-state index in [1.807, 2.05) is 45.0 Å². The first-order chi connectivity index (χ1) is 10.0. The molecule has 1 amide bonds. The zero-order valence-corrected chi connectivity index (χ0v) is 13.8. The van der Waals surface area contributed by atoms with Gasteiger partial charge in [-0.05, 0) is 44.0 Å². The van der Waals surface area contributed by atoms with Crippen LogP contribution in [0.4, 0.5) is 5.69 Å². The average Bonchev–Trinajstić information content (AvgIpc) is 2.47. The van der Waals surface area contributed by atoms with Gasteiger partial charge < -0.3 is 11.1 Å². The van der Waals surface area contributed by atoms with Gasteiger partial charge in [0.25, 0.3) is 5.91 Å². The molecule has 1 aromatic heterocycles. The summed E-state index contributed by atoms with van der Waals surface area (Å²) in [6.45, 7) is 5.70. The number of benzene rings is 1. The number of halogens is 1. The molecule has 5 nitrogen and oxygen atoms in total. The van der Waals surface area contributed by atoms with Crippen LogP contribution in [0.25, 0.3) is 0 Å². The van der Waals surface area contributed by atoms with Crippen molar-refractivity contribution in [3.8, 4) is 0 Å². The van der Waals surface area contributed by atoms with Gasteiger partial charge in [-0.15, -0.1) is 12.4 Å². The fourth-order valence-corrected chi connectivity index (χ4v) is 2.04. The number of hydrogen-bond acceptors (Lipinski definition) is 4. The standard InChI is InChI=1S/C16H20N4O.ClH/c1-4-15-14(9-10(2)19-20-15)16(21)18-13-7-5-12(6-8-13)11(3)17;/h5-9,11H,4,17H2,1-3H3,(H,18,21);1H. The van der Waals surface area contributed by atoms with Gasteiger partial charge in [-0.25, -0.2) is 0 Å². The third-order valence-electron chi connectivity index (χ3n) is 3.27. The highest BCUT2D eigenvalue weighted by atomic mass is 35.5. The molecule has 0 saturated carbocycles. The van der Waals surface area contributed by atoms with E-state index in [9.17, 15) is 4.79 Å². The van der Waals surface area contributed by atoms with Crippen molar-refractivity contribution >= 4 is 24.0 Å². The van der Waals surface area contributed by atoms with Crippen molar-refractivity contribution < 1.29 is 4.79 Å². The number of nitrogens with zero attached hydrogens (tertiary/aromatic N) is 2. The lowest BCUT2D eigenvalue weighted by atomic mass is 10.1. The van der Waals surface area contributed by atoms with Crippen molar-refractivity contribution in [2.75, 3.05) is 5.32 Å². The highest BCUT2D eigenvalue weighted by molar-refractivity contribution is 6.05. The Morgan fingerprint density at radius 3 is 2.45 bits per heavy atom. The number of carbonyl (C=O) groups is 1. The molecule has 0 aliphatic heterocycles. The number of rotatable bonds is 4. The van der Waals surface area contributed by atoms with E-state index >= 15 is 0 Å². The quantitative estimate of drug-likeness (QED) is 0.907. The zero-order valence-electron chi connectivity index (χ0n) is 13.0. The number of carbonyl (C=O) groups excluding carboxylic acids is 1. The monoisotopic (exact) mass is 320 g/mol. The zero-order chi connectivity index (χ0) is 15.4.